The molecule has 0 aromatic carbocycles. The molecule has 1 aliphatic heterocycles. The number of likely N-dealkylation sites (tertiary alicyclic amines) is 1. The number of amides is 3. The predicted octanol–water partition coefficient (Wildman–Crippen LogP) is 1.12. The topological polar surface area (TPSA) is 97.5 Å². The molecule has 0 aromatic rings. The van der Waals surface area contributed by atoms with Crippen LogP contribution in [0.2, 0.25) is 0 Å². The monoisotopic (exact) mass is 340 g/mol. The molecule has 2 fully saturated rings. The molecule has 1 heterocycles. The Morgan fingerprint density at radius 2 is 1.96 bits per heavy atom. The number of primary amides is 1. The number of hydrogen-bond acceptors (Lipinski definition) is 5. The smallest absolute Gasteiger partial charge is 0.242 e. The summed E-state index contributed by atoms with van der Waals surface area (Å²) in [5.74, 6) is 0.580. The Bertz CT molecular complexity index is 475. The van der Waals surface area contributed by atoms with Gasteiger partial charge in [-0.05, 0) is 43.8 Å². The number of carbonyl (C=O) groups excluding carboxylic acids is 4. The zero-order chi connectivity index (χ0) is 16.8. The third-order valence-corrected chi connectivity index (χ3v) is 5.91. The summed E-state index contributed by atoms with van der Waals surface area (Å²) in [5.41, 5.74) is 5.08. The lowest BCUT2D eigenvalue weighted by Gasteiger charge is -2.28. The van der Waals surface area contributed by atoms with Crippen LogP contribution in [-0.4, -0.2) is 46.5 Å². The van der Waals surface area contributed by atoms with Gasteiger partial charge in [-0.1, -0.05) is 0 Å². The molecule has 1 saturated heterocycles. The average molecular weight is 340 g/mol. The highest BCUT2D eigenvalue weighted by molar-refractivity contribution is 8.00. The highest BCUT2D eigenvalue weighted by atomic mass is 32.2. The largest absolute Gasteiger partial charge is 0.370 e. The number of aldehydes is 1. The van der Waals surface area contributed by atoms with Crippen LogP contribution >= 0.6 is 11.8 Å². The zero-order valence-corrected chi connectivity index (χ0v) is 14.1. The molecule has 3 amide bonds. The highest BCUT2D eigenvalue weighted by Crippen LogP contribution is 2.31. The molecule has 0 spiro atoms. The van der Waals surface area contributed by atoms with Gasteiger partial charge in [0.25, 0.3) is 0 Å². The third kappa shape index (κ3) is 5.06. The predicted molar refractivity (Wildman–Crippen MR) is 87.5 cm³/mol. The molecule has 1 atom stereocenters. The second-order valence-corrected chi connectivity index (χ2v) is 7.70. The van der Waals surface area contributed by atoms with Crippen LogP contribution in [0.15, 0.2) is 0 Å². The van der Waals surface area contributed by atoms with Crippen molar-refractivity contribution >= 4 is 35.8 Å². The van der Waals surface area contributed by atoms with Gasteiger partial charge in [-0.15, -0.1) is 11.8 Å². The van der Waals surface area contributed by atoms with Crippen molar-refractivity contribution in [2.45, 2.75) is 50.2 Å². The zero-order valence-electron chi connectivity index (χ0n) is 13.2. The molecule has 1 saturated carbocycles. The normalized spacial score (nSPS) is 28.2. The minimum Gasteiger partial charge on any atom is -0.370 e. The summed E-state index contributed by atoms with van der Waals surface area (Å²) in [7, 11) is 0. The number of imide groups is 1. The van der Waals surface area contributed by atoms with E-state index in [0.717, 1.165) is 32.0 Å². The molecule has 1 unspecified atom stereocenters. The van der Waals surface area contributed by atoms with Gasteiger partial charge in [0.05, 0.1) is 5.25 Å². The highest BCUT2D eigenvalue weighted by Gasteiger charge is 2.39. The Morgan fingerprint density at radius 3 is 2.57 bits per heavy atom. The van der Waals surface area contributed by atoms with Gasteiger partial charge < -0.3 is 10.5 Å². The van der Waals surface area contributed by atoms with Crippen molar-refractivity contribution in [3.63, 3.8) is 0 Å². The number of nitrogens with zero attached hydrogens (tertiary/aromatic N) is 1. The van der Waals surface area contributed by atoms with Crippen molar-refractivity contribution in [1.82, 2.24) is 4.90 Å². The Kier molecular flexibility index (Phi) is 6.62. The summed E-state index contributed by atoms with van der Waals surface area (Å²) in [6, 6.07) is 0. The first-order chi connectivity index (χ1) is 11.0. The van der Waals surface area contributed by atoms with Gasteiger partial charge in [-0.25, -0.2) is 0 Å². The van der Waals surface area contributed by atoms with Crippen LogP contribution < -0.4 is 5.73 Å². The van der Waals surface area contributed by atoms with Gasteiger partial charge >= 0.3 is 0 Å². The summed E-state index contributed by atoms with van der Waals surface area (Å²) in [5, 5.41) is -0.318. The van der Waals surface area contributed by atoms with Crippen molar-refractivity contribution in [3.05, 3.63) is 0 Å². The summed E-state index contributed by atoms with van der Waals surface area (Å²) in [6.07, 6.45) is 5.73. The fraction of sp³-hybridized carbons (Fsp3) is 0.750. The van der Waals surface area contributed by atoms with Crippen LogP contribution in [0.1, 0.15) is 44.9 Å². The second kappa shape index (κ2) is 8.47. The van der Waals surface area contributed by atoms with E-state index in [9.17, 15) is 19.2 Å². The number of thioether (sulfide) groups is 1. The van der Waals surface area contributed by atoms with Crippen molar-refractivity contribution in [3.8, 4) is 0 Å². The van der Waals surface area contributed by atoms with E-state index in [4.69, 9.17) is 5.73 Å². The van der Waals surface area contributed by atoms with Gasteiger partial charge in [-0.2, -0.15) is 0 Å². The molecular formula is C16H24N2O4S. The average Bonchev–Trinajstić information content (AvgIpc) is 2.80. The Morgan fingerprint density at radius 1 is 1.26 bits per heavy atom. The Hall–Kier alpha value is -1.37. The van der Waals surface area contributed by atoms with Crippen LogP contribution in [0.4, 0.5) is 0 Å². The van der Waals surface area contributed by atoms with Crippen molar-refractivity contribution in [1.29, 1.82) is 0 Å². The first kappa shape index (κ1) is 18.0. The van der Waals surface area contributed by atoms with E-state index in [1.54, 1.807) is 0 Å². The van der Waals surface area contributed by atoms with Gasteiger partial charge in [0.15, 0.2) is 0 Å². The molecule has 1 aliphatic carbocycles. The quantitative estimate of drug-likeness (QED) is 0.406. The molecule has 2 rings (SSSR count). The van der Waals surface area contributed by atoms with Gasteiger partial charge in [0.1, 0.15) is 6.29 Å². The SMILES string of the molecule is NC(=O)CCCSC1CC(=O)N(CC2CCC(C=O)CC2)C1=O. The third-order valence-electron chi connectivity index (χ3n) is 4.61. The van der Waals surface area contributed by atoms with Crippen molar-refractivity contribution < 1.29 is 19.2 Å². The molecule has 0 aromatic heterocycles. The van der Waals surface area contributed by atoms with E-state index in [-0.39, 0.29) is 35.3 Å². The minimum absolute atomic E-state index is 0.0973. The maximum absolute atomic E-state index is 12.4. The Balaban J connectivity index is 1.77. The van der Waals surface area contributed by atoms with Crippen molar-refractivity contribution in [2.24, 2.45) is 17.6 Å². The molecular weight excluding hydrogens is 316 g/mol. The fourth-order valence-electron chi connectivity index (χ4n) is 3.21. The van der Waals surface area contributed by atoms with E-state index in [1.807, 2.05) is 0 Å². The lowest BCUT2D eigenvalue weighted by molar-refractivity contribution is -0.139. The van der Waals surface area contributed by atoms with Crippen LogP contribution in [0.3, 0.4) is 0 Å². The standard InChI is InChI=1S/C16H24N2O4S/c17-14(20)2-1-7-23-13-8-15(21)18(16(13)22)9-11-3-5-12(10-19)6-4-11/h10-13H,1-9H2,(H2,17,20). The van der Waals surface area contributed by atoms with Crippen LogP contribution in [0, 0.1) is 11.8 Å². The van der Waals surface area contributed by atoms with Gasteiger partial charge in [0, 0.05) is 25.3 Å². The molecule has 23 heavy (non-hydrogen) atoms. The maximum atomic E-state index is 12.4. The van der Waals surface area contributed by atoms with Crippen LogP contribution in [0.25, 0.3) is 0 Å². The minimum atomic E-state index is -0.341. The second-order valence-electron chi connectivity index (χ2n) is 6.39. The molecule has 128 valence electrons. The van der Waals surface area contributed by atoms with E-state index in [2.05, 4.69) is 0 Å². The summed E-state index contributed by atoms with van der Waals surface area (Å²) < 4.78 is 0. The first-order valence-electron chi connectivity index (χ1n) is 8.20. The van der Waals surface area contributed by atoms with Crippen LogP contribution in [0.5, 0.6) is 0 Å². The first-order valence-corrected chi connectivity index (χ1v) is 9.25. The van der Waals surface area contributed by atoms with Gasteiger partial charge in [0.2, 0.25) is 17.7 Å². The molecule has 0 radical (unpaired) electrons. The van der Waals surface area contributed by atoms with E-state index >= 15 is 0 Å². The number of hydrogen-bond donors (Lipinski definition) is 1. The molecule has 6 nitrogen and oxygen atoms in total. The lowest BCUT2D eigenvalue weighted by atomic mass is 9.82. The summed E-state index contributed by atoms with van der Waals surface area (Å²) in [4.78, 5) is 47.3. The molecule has 2 aliphatic rings. The molecule has 0 bridgehead atoms. The lowest BCUT2D eigenvalue weighted by Crippen LogP contribution is -2.37. The Labute approximate surface area is 140 Å². The number of carbonyl (C=O) groups is 4. The van der Waals surface area contributed by atoms with Crippen molar-refractivity contribution in [2.75, 3.05) is 12.3 Å². The van der Waals surface area contributed by atoms with E-state index in [0.29, 0.717) is 31.1 Å². The number of nitrogens with two attached hydrogens (primary N) is 1. The van der Waals surface area contributed by atoms with Crippen LogP contribution in [-0.2, 0) is 19.2 Å². The maximum Gasteiger partial charge on any atom is 0.242 e. The number of rotatable bonds is 8. The summed E-state index contributed by atoms with van der Waals surface area (Å²) >= 11 is 1.44. The van der Waals surface area contributed by atoms with E-state index in [1.165, 1.54) is 16.7 Å². The van der Waals surface area contributed by atoms with Gasteiger partial charge in [-0.3, -0.25) is 19.3 Å². The summed E-state index contributed by atoms with van der Waals surface area (Å²) in [6.45, 7) is 0.488. The molecule has 2 N–H and O–H groups in total. The van der Waals surface area contributed by atoms with E-state index < -0.39 is 0 Å². The molecule has 7 heteroatoms. The fourth-order valence-corrected chi connectivity index (χ4v) is 4.34.